The lowest BCUT2D eigenvalue weighted by molar-refractivity contribution is 0.250. The molecule has 0 aromatic rings. The van der Waals surface area contributed by atoms with Crippen LogP contribution in [0.2, 0.25) is 0 Å². The summed E-state index contributed by atoms with van der Waals surface area (Å²) in [5.74, 6) is 0. The molecular weight excluding hydrogens is 208 g/mol. The van der Waals surface area contributed by atoms with E-state index in [-0.39, 0.29) is 0 Å². The van der Waals surface area contributed by atoms with E-state index in [0.29, 0.717) is 11.6 Å². The molecule has 0 heterocycles. The highest BCUT2D eigenvalue weighted by Crippen LogP contribution is 2.27. The number of unbranched alkanes of at least 4 members (excludes halogenated alkanes) is 2. The Morgan fingerprint density at radius 1 is 1.27 bits per heavy atom. The van der Waals surface area contributed by atoms with Crippen LogP contribution in [0.3, 0.4) is 0 Å². The summed E-state index contributed by atoms with van der Waals surface area (Å²) < 4.78 is 0. The molecule has 0 spiro atoms. The molecule has 15 heavy (non-hydrogen) atoms. The van der Waals surface area contributed by atoms with Gasteiger partial charge in [0.05, 0.1) is 4.99 Å². The van der Waals surface area contributed by atoms with Gasteiger partial charge < -0.3 is 10.8 Å². The van der Waals surface area contributed by atoms with Crippen LogP contribution in [0.15, 0.2) is 0 Å². The van der Waals surface area contributed by atoms with Gasteiger partial charge in [0.25, 0.3) is 0 Å². The molecule has 0 unspecified atom stereocenters. The predicted molar refractivity (Wildman–Crippen MR) is 66.9 cm³/mol. The molecule has 1 aliphatic carbocycles. The Kier molecular flexibility index (Phi) is 6.13. The largest absolute Gasteiger partial charge is 0.396 e. The van der Waals surface area contributed by atoms with Crippen LogP contribution in [0, 0.1) is 0 Å². The smallest absolute Gasteiger partial charge is 0.0740 e. The van der Waals surface area contributed by atoms with E-state index in [4.69, 9.17) is 23.1 Å². The van der Waals surface area contributed by atoms with Gasteiger partial charge in [-0.2, -0.15) is 0 Å². The first-order chi connectivity index (χ1) is 7.24. The van der Waals surface area contributed by atoms with Crippen molar-refractivity contribution in [2.75, 3.05) is 19.7 Å². The van der Waals surface area contributed by atoms with Crippen molar-refractivity contribution in [3.05, 3.63) is 0 Å². The Bertz CT molecular complexity index is 195. The number of hydrogen-bond donors (Lipinski definition) is 2. The molecule has 0 radical (unpaired) electrons. The average molecular weight is 230 g/mol. The van der Waals surface area contributed by atoms with Gasteiger partial charge in [-0.25, -0.2) is 0 Å². The predicted octanol–water partition coefficient (Wildman–Crippen LogP) is 1.29. The van der Waals surface area contributed by atoms with Crippen LogP contribution < -0.4 is 5.73 Å². The summed E-state index contributed by atoms with van der Waals surface area (Å²) >= 11 is 4.89. The van der Waals surface area contributed by atoms with Crippen molar-refractivity contribution >= 4 is 17.2 Å². The number of aliphatic hydroxyl groups is 1. The van der Waals surface area contributed by atoms with Gasteiger partial charge in [0, 0.05) is 25.6 Å². The Balaban J connectivity index is 2.10. The molecule has 0 aromatic heterocycles. The highest BCUT2D eigenvalue weighted by molar-refractivity contribution is 7.80. The van der Waals surface area contributed by atoms with Crippen LogP contribution in [0.1, 0.15) is 38.5 Å². The monoisotopic (exact) mass is 230 g/mol. The molecule has 1 aliphatic rings. The van der Waals surface area contributed by atoms with E-state index >= 15 is 0 Å². The summed E-state index contributed by atoms with van der Waals surface area (Å²) in [6.45, 7) is 2.46. The molecule has 1 fully saturated rings. The Hall–Kier alpha value is -0.190. The van der Waals surface area contributed by atoms with Gasteiger partial charge in [0.15, 0.2) is 0 Å². The summed E-state index contributed by atoms with van der Waals surface area (Å²) in [5, 5.41) is 8.68. The Morgan fingerprint density at radius 3 is 2.53 bits per heavy atom. The molecule has 4 heteroatoms. The third kappa shape index (κ3) is 6.07. The summed E-state index contributed by atoms with van der Waals surface area (Å²) in [6.07, 6.45) is 6.72. The van der Waals surface area contributed by atoms with Gasteiger partial charge in [-0.05, 0) is 38.6 Å². The fraction of sp³-hybridized carbons (Fsp3) is 0.909. The highest BCUT2D eigenvalue weighted by atomic mass is 32.1. The second-order valence-corrected chi connectivity index (χ2v) is 4.79. The van der Waals surface area contributed by atoms with E-state index in [0.717, 1.165) is 38.4 Å². The molecule has 1 saturated carbocycles. The van der Waals surface area contributed by atoms with Crippen LogP contribution in [0.5, 0.6) is 0 Å². The van der Waals surface area contributed by atoms with Crippen molar-refractivity contribution in [3.8, 4) is 0 Å². The van der Waals surface area contributed by atoms with E-state index in [1.54, 1.807) is 0 Å². The molecule has 0 amide bonds. The van der Waals surface area contributed by atoms with Crippen molar-refractivity contribution < 1.29 is 5.11 Å². The van der Waals surface area contributed by atoms with Crippen molar-refractivity contribution in [1.82, 2.24) is 4.90 Å². The minimum absolute atomic E-state index is 0.316. The second-order valence-electron chi connectivity index (χ2n) is 4.27. The zero-order valence-electron chi connectivity index (χ0n) is 9.32. The molecule has 3 N–H and O–H groups in total. The first-order valence-electron chi connectivity index (χ1n) is 5.87. The van der Waals surface area contributed by atoms with Crippen molar-refractivity contribution in [1.29, 1.82) is 0 Å². The van der Waals surface area contributed by atoms with Crippen LogP contribution in [-0.2, 0) is 0 Å². The molecule has 3 nitrogen and oxygen atoms in total. The molecule has 0 atom stereocenters. The van der Waals surface area contributed by atoms with Crippen molar-refractivity contribution in [2.24, 2.45) is 5.73 Å². The standard InChI is InChI=1S/C11H22N2OS/c12-11(15)6-8-13(10-4-5-10)7-2-1-3-9-14/h10,14H,1-9H2,(H2,12,15). The van der Waals surface area contributed by atoms with Gasteiger partial charge in [-0.1, -0.05) is 12.2 Å². The molecule has 0 aliphatic heterocycles. The van der Waals surface area contributed by atoms with Gasteiger partial charge in [0.1, 0.15) is 0 Å². The summed E-state index contributed by atoms with van der Waals surface area (Å²) in [5.41, 5.74) is 5.51. The quantitative estimate of drug-likeness (QED) is 0.463. The highest BCUT2D eigenvalue weighted by Gasteiger charge is 2.27. The maximum Gasteiger partial charge on any atom is 0.0740 e. The molecule has 0 saturated heterocycles. The fourth-order valence-electron chi connectivity index (χ4n) is 1.77. The SMILES string of the molecule is NC(=S)CCN(CCCCCO)C1CC1. The van der Waals surface area contributed by atoms with Crippen LogP contribution in [-0.4, -0.2) is 40.7 Å². The van der Waals surface area contributed by atoms with Gasteiger partial charge in [-0.15, -0.1) is 0 Å². The molecule has 0 bridgehead atoms. The minimum Gasteiger partial charge on any atom is -0.396 e. The van der Waals surface area contributed by atoms with Crippen LogP contribution >= 0.6 is 12.2 Å². The van der Waals surface area contributed by atoms with Crippen LogP contribution in [0.4, 0.5) is 0 Å². The van der Waals surface area contributed by atoms with E-state index < -0.39 is 0 Å². The third-order valence-corrected chi connectivity index (χ3v) is 3.02. The fourth-order valence-corrected chi connectivity index (χ4v) is 1.87. The normalized spacial score (nSPS) is 15.9. The van der Waals surface area contributed by atoms with E-state index in [2.05, 4.69) is 4.90 Å². The van der Waals surface area contributed by atoms with Crippen molar-refractivity contribution in [2.45, 2.75) is 44.6 Å². The van der Waals surface area contributed by atoms with Gasteiger partial charge in [-0.3, -0.25) is 4.90 Å². The van der Waals surface area contributed by atoms with Gasteiger partial charge >= 0.3 is 0 Å². The first kappa shape index (κ1) is 12.9. The molecule has 1 rings (SSSR count). The zero-order valence-corrected chi connectivity index (χ0v) is 10.1. The molecular formula is C11H22N2OS. The number of thiocarbonyl (C=S) groups is 1. The Labute approximate surface area is 97.6 Å². The second kappa shape index (κ2) is 7.14. The summed E-state index contributed by atoms with van der Waals surface area (Å²) in [6, 6.07) is 0.786. The summed E-state index contributed by atoms with van der Waals surface area (Å²) in [4.78, 5) is 3.12. The lowest BCUT2D eigenvalue weighted by Crippen LogP contribution is -2.30. The lowest BCUT2D eigenvalue weighted by atomic mass is 10.2. The number of aliphatic hydroxyl groups excluding tert-OH is 1. The topological polar surface area (TPSA) is 49.5 Å². The third-order valence-electron chi connectivity index (χ3n) is 2.81. The average Bonchev–Trinajstić information content (AvgIpc) is 3.00. The molecule has 0 aromatic carbocycles. The number of nitrogens with zero attached hydrogens (tertiary/aromatic N) is 1. The summed E-state index contributed by atoms with van der Waals surface area (Å²) in [7, 11) is 0. The molecule has 88 valence electrons. The number of nitrogens with two attached hydrogens (primary N) is 1. The van der Waals surface area contributed by atoms with E-state index in [9.17, 15) is 0 Å². The zero-order chi connectivity index (χ0) is 11.1. The maximum atomic E-state index is 8.68. The number of hydrogen-bond acceptors (Lipinski definition) is 3. The van der Waals surface area contributed by atoms with Crippen molar-refractivity contribution in [3.63, 3.8) is 0 Å². The van der Waals surface area contributed by atoms with Gasteiger partial charge in [0.2, 0.25) is 0 Å². The lowest BCUT2D eigenvalue weighted by Gasteiger charge is -2.21. The minimum atomic E-state index is 0.316. The van der Waals surface area contributed by atoms with E-state index in [1.807, 2.05) is 0 Å². The van der Waals surface area contributed by atoms with E-state index in [1.165, 1.54) is 19.3 Å². The first-order valence-corrected chi connectivity index (χ1v) is 6.28. The Morgan fingerprint density at radius 2 is 2.00 bits per heavy atom. The maximum absolute atomic E-state index is 8.68. The number of rotatable bonds is 9. The van der Waals surface area contributed by atoms with Crippen LogP contribution in [0.25, 0.3) is 0 Å².